The van der Waals surface area contributed by atoms with Crippen molar-refractivity contribution in [3.63, 3.8) is 0 Å². The molecule has 2 heterocycles. The second kappa shape index (κ2) is 3.67. The molecule has 0 amide bonds. The summed E-state index contributed by atoms with van der Waals surface area (Å²) in [6, 6.07) is 0. The minimum absolute atomic E-state index is 0.0205. The average molecular weight is 281 g/mol. The number of halogens is 2. The molecule has 20 heavy (non-hydrogen) atoms. The van der Waals surface area contributed by atoms with E-state index < -0.39 is 5.92 Å². The van der Waals surface area contributed by atoms with Gasteiger partial charge in [0.05, 0.1) is 5.54 Å². The first-order valence-corrected chi connectivity index (χ1v) is 7.11. The van der Waals surface area contributed by atoms with Crippen LogP contribution in [0.25, 0.3) is 0 Å². The molecule has 3 aliphatic carbocycles. The smallest absolute Gasteiger partial charge is 0.250 e. The third-order valence-electron chi connectivity index (χ3n) is 5.43. The van der Waals surface area contributed by atoms with Crippen molar-refractivity contribution in [1.82, 2.24) is 14.5 Å². The first-order chi connectivity index (χ1) is 9.49. The van der Waals surface area contributed by atoms with Gasteiger partial charge in [-0.15, -0.1) is 0 Å². The molecule has 4 fully saturated rings. The number of imidazole rings is 1. The van der Waals surface area contributed by atoms with Crippen molar-refractivity contribution < 1.29 is 13.6 Å². The number of piperidine rings is 1. The summed E-state index contributed by atoms with van der Waals surface area (Å²) in [4.78, 5) is 17.3. The standard InChI is InChI=1S/C14H17F2N3O/c15-14(16)1-4-18(5-2-14)12-8-13(9-12,10-12)19-6-3-17-11(19)7-20/h3,6-7H,1-2,4-5,8-10H2. The maximum atomic E-state index is 13.2. The van der Waals surface area contributed by atoms with E-state index in [-0.39, 0.29) is 23.9 Å². The zero-order valence-corrected chi connectivity index (χ0v) is 11.2. The Kier molecular flexibility index (Phi) is 2.28. The first-order valence-electron chi connectivity index (χ1n) is 7.11. The lowest BCUT2D eigenvalue weighted by atomic mass is 9.43. The number of aromatic nitrogens is 2. The van der Waals surface area contributed by atoms with Crippen LogP contribution >= 0.6 is 0 Å². The highest BCUT2D eigenvalue weighted by Crippen LogP contribution is 2.68. The van der Waals surface area contributed by atoms with Crippen molar-refractivity contribution >= 4 is 6.29 Å². The Hall–Kier alpha value is -1.30. The summed E-state index contributed by atoms with van der Waals surface area (Å²) in [5.74, 6) is -2.00. The van der Waals surface area contributed by atoms with E-state index in [2.05, 4.69) is 9.88 Å². The minimum Gasteiger partial charge on any atom is -0.322 e. The Bertz CT molecular complexity index is 539. The molecule has 0 N–H and O–H groups in total. The third-order valence-corrected chi connectivity index (χ3v) is 5.43. The molecular weight excluding hydrogens is 264 g/mol. The van der Waals surface area contributed by atoms with Crippen molar-refractivity contribution in [2.45, 2.75) is 49.1 Å². The molecule has 1 aliphatic heterocycles. The zero-order chi connectivity index (χ0) is 14.0. The summed E-state index contributed by atoms with van der Waals surface area (Å²) >= 11 is 0. The number of likely N-dealkylation sites (tertiary alicyclic amines) is 1. The highest BCUT2D eigenvalue weighted by Gasteiger charge is 2.71. The molecule has 0 atom stereocenters. The van der Waals surface area contributed by atoms with Crippen molar-refractivity contribution in [2.24, 2.45) is 0 Å². The number of carbonyl (C=O) groups is 1. The normalized spacial score (nSPS) is 38.9. The van der Waals surface area contributed by atoms with Crippen LogP contribution in [0.2, 0.25) is 0 Å². The fourth-order valence-electron chi connectivity index (χ4n) is 4.38. The molecule has 4 nitrogen and oxygen atoms in total. The van der Waals surface area contributed by atoms with Gasteiger partial charge in [0.25, 0.3) is 5.92 Å². The Morgan fingerprint density at radius 1 is 1.15 bits per heavy atom. The highest BCUT2D eigenvalue weighted by molar-refractivity contribution is 5.69. The number of hydrogen-bond donors (Lipinski definition) is 0. The topological polar surface area (TPSA) is 38.1 Å². The van der Waals surface area contributed by atoms with Crippen LogP contribution in [0.3, 0.4) is 0 Å². The molecular formula is C14H17F2N3O. The van der Waals surface area contributed by atoms with Gasteiger partial charge in [-0.1, -0.05) is 0 Å². The molecule has 2 bridgehead atoms. The van der Waals surface area contributed by atoms with E-state index >= 15 is 0 Å². The van der Waals surface area contributed by atoms with E-state index in [9.17, 15) is 13.6 Å². The van der Waals surface area contributed by atoms with Gasteiger partial charge in [-0.25, -0.2) is 13.8 Å². The molecule has 108 valence electrons. The van der Waals surface area contributed by atoms with E-state index in [1.54, 1.807) is 6.20 Å². The van der Waals surface area contributed by atoms with Crippen LogP contribution in [0.15, 0.2) is 12.4 Å². The van der Waals surface area contributed by atoms with Crippen molar-refractivity contribution in [3.05, 3.63) is 18.2 Å². The second-order valence-electron chi connectivity index (χ2n) is 6.60. The lowest BCUT2D eigenvalue weighted by molar-refractivity contribution is -0.223. The van der Waals surface area contributed by atoms with Gasteiger partial charge >= 0.3 is 0 Å². The van der Waals surface area contributed by atoms with Gasteiger partial charge < -0.3 is 4.57 Å². The second-order valence-corrected chi connectivity index (χ2v) is 6.60. The highest BCUT2D eigenvalue weighted by atomic mass is 19.3. The van der Waals surface area contributed by atoms with Crippen LogP contribution in [0.5, 0.6) is 0 Å². The summed E-state index contributed by atoms with van der Waals surface area (Å²) in [7, 11) is 0. The number of hydrogen-bond acceptors (Lipinski definition) is 3. The number of nitrogens with zero attached hydrogens (tertiary/aromatic N) is 3. The van der Waals surface area contributed by atoms with Crippen molar-refractivity contribution in [3.8, 4) is 0 Å². The molecule has 0 unspecified atom stereocenters. The number of aldehydes is 1. The van der Waals surface area contributed by atoms with Crippen molar-refractivity contribution in [1.29, 1.82) is 0 Å². The largest absolute Gasteiger partial charge is 0.322 e. The van der Waals surface area contributed by atoms with Gasteiger partial charge in [0.2, 0.25) is 0 Å². The lowest BCUT2D eigenvalue weighted by Gasteiger charge is -2.74. The van der Waals surface area contributed by atoms with Crippen LogP contribution in [0.1, 0.15) is 42.7 Å². The molecule has 0 radical (unpaired) electrons. The van der Waals surface area contributed by atoms with E-state index in [0.29, 0.717) is 18.9 Å². The fourth-order valence-corrected chi connectivity index (χ4v) is 4.38. The van der Waals surface area contributed by atoms with E-state index in [1.807, 2.05) is 10.8 Å². The molecule has 1 saturated heterocycles. The van der Waals surface area contributed by atoms with E-state index in [1.165, 1.54) is 0 Å². The summed E-state index contributed by atoms with van der Waals surface area (Å²) in [6.07, 6.45) is 7.14. The fraction of sp³-hybridized carbons (Fsp3) is 0.714. The molecule has 0 spiro atoms. The quantitative estimate of drug-likeness (QED) is 0.796. The first kappa shape index (κ1) is 12.4. The molecule has 4 aliphatic rings. The monoisotopic (exact) mass is 281 g/mol. The summed E-state index contributed by atoms with van der Waals surface area (Å²) < 4.78 is 28.4. The van der Waals surface area contributed by atoms with Gasteiger partial charge in [-0.2, -0.15) is 0 Å². The molecule has 1 aromatic rings. The van der Waals surface area contributed by atoms with Gasteiger partial charge in [0.15, 0.2) is 12.1 Å². The Morgan fingerprint density at radius 3 is 2.40 bits per heavy atom. The molecule has 0 aromatic carbocycles. The SMILES string of the molecule is O=Cc1nccn1C12CC(N3CCC(F)(F)CC3)(C1)C2. The minimum atomic E-state index is -2.48. The molecule has 3 saturated carbocycles. The number of rotatable bonds is 3. The Balaban J connectivity index is 1.46. The predicted octanol–water partition coefficient (Wildman–Crippen LogP) is 2.06. The van der Waals surface area contributed by atoms with Crippen LogP contribution < -0.4 is 0 Å². The Morgan fingerprint density at radius 2 is 1.80 bits per heavy atom. The zero-order valence-electron chi connectivity index (χ0n) is 11.2. The number of alkyl halides is 2. The van der Waals surface area contributed by atoms with Crippen LogP contribution in [-0.4, -0.2) is 45.3 Å². The number of carbonyl (C=O) groups excluding carboxylic acids is 1. The van der Waals surface area contributed by atoms with Crippen LogP contribution in [0, 0.1) is 0 Å². The van der Waals surface area contributed by atoms with Gasteiger partial charge in [0, 0.05) is 43.9 Å². The summed E-state index contributed by atoms with van der Waals surface area (Å²) in [5.41, 5.74) is 0.133. The van der Waals surface area contributed by atoms with Crippen molar-refractivity contribution in [2.75, 3.05) is 13.1 Å². The van der Waals surface area contributed by atoms with E-state index in [4.69, 9.17) is 0 Å². The van der Waals surface area contributed by atoms with Crippen LogP contribution in [-0.2, 0) is 5.54 Å². The average Bonchev–Trinajstić information content (AvgIpc) is 2.76. The maximum absolute atomic E-state index is 13.2. The molecule has 5 rings (SSSR count). The van der Waals surface area contributed by atoms with Crippen LogP contribution in [0.4, 0.5) is 8.78 Å². The maximum Gasteiger partial charge on any atom is 0.250 e. The van der Waals surface area contributed by atoms with Gasteiger partial charge in [-0.3, -0.25) is 9.69 Å². The van der Waals surface area contributed by atoms with Gasteiger partial charge in [-0.05, 0) is 19.3 Å². The third kappa shape index (κ3) is 1.48. The van der Waals surface area contributed by atoms with Gasteiger partial charge in [0.1, 0.15) is 0 Å². The van der Waals surface area contributed by atoms with E-state index in [0.717, 1.165) is 25.5 Å². The predicted molar refractivity (Wildman–Crippen MR) is 67.9 cm³/mol. The summed E-state index contributed by atoms with van der Waals surface area (Å²) in [5, 5.41) is 0. The Labute approximate surface area is 115 Å². The summed E-state index contributed by atoms with van der Waals surface area (Å²) in [6.45, 7) is 0.987. The molecule has 1 aromatic heterocycles. The lowest BCUT2D eigenvalue weighted by Crippen LogP contribution is -2.79. The molecule has 6 heteroatoms.